The van der Waals surface area contributed by atoms with Crippen LogP contribution in [0.15, 0.2) is 67.0 Å². The van der Waals surface area contributed by atoms with Crippen molar-refractivity contribution in [2.75, 3.05) is 25.4 Å². The first-order valence-electron chi connectivity index (χ1n) is 11.7. The van der Waals surface area contributed by atoms with E-state index in [2.05, 4.69) is 57.3 Å². The molecule has 0 radical (unpaired) electrons. The van der Waals surface area contributed by atoms with Crippen molar-refractivity contribution in [3.63, 3.8) is 0 Å². The summed E-state index contributed by atoms with van der Waals surface area (Å²) in [5.41, 5.74) is 9.66. The number of carbonyl (C=O) groups excluding carboxylic acids is 1. The lowest BCUT2D eigenvalue weighted by Crippen LogP contribution is -2.55. The minimum absolute atomic E-state index is 0.166. The predicted octanol–water partition coefficient (Wildman–Crippen LogP) is 4.39. The molecule has 1 aliphatic rings. The number of hydrogen-bond acceptors (Lipinski definition) is 6. The zero-order chi connectivity index (χ0) is 24.1. The van der Waals surface area contributed by atoms with E-state index in [4.69, 9.17) is 10.5 Å². The summed E-state index contributed by atoms with van der Waals surface area (Å²) in [5, 5.41) is 0. The predicted molar refractivity (Wildman–Crippen MR) is 134 cm³/mol. The SMILES string of the molecule is CC(C)(C)OC(=O)N1CCN(Cc2ccccc2-c2cnc(N)nc2)C(Cc2ccccc2)C1. The Morgan fingerprint density at radius 2 is 1.71 bits per heavy atom. The molecule has 2 heterocycles. The van der Waals surface area contributed by atoms with Crippen LogP contribution in [0.5, 0.6) is 0 Å². The quantitative estimate of drug-likeness (QED) is 0.609. The van der Waals surface area contributed by atoms with Crippen molar-refractivity contribution in [3.05, 3.63) is 78.1 Å². The second-order valence-corrected chi connectivity index (χ2v) is 9.73. The maximum atomic E-state index is 12.8. The summed E-state index contributed by atoms with van der Waals surface area (Å²) in [7, 11) is 0. The summed E-state index contributed by atoms with van der Waals surface area (Å²) in [5.74, 6) is 0.266. The number of piperazine rings is 1. The summed E-state index contributed by atoms with van der Waals surface area (Å²) in [6, 6.07) is 18.9. The van der Waals surface area contributed by atoms with Crippen LogP contribution in [-0.2, 0) is 17.7 Å². The van der Waals surface area contributed by atoms with Gasteiger partial charge in [-0.05, 0) is 43.9 Å². The Labute approximate surface area is 201 Å². The highest BCUT2D eigenvalue weighted by Crippen LogP contribution is 2.26. The number of amides is 1. The summed E-state index contributed by atoms with van der Waals surface area (Å²) >= 11 is 0. The van der Waals surface area contributed by atoms with Crippen molar-refractivity contribution in [3.8, 4) is 11.1 Å². The van der Waals surface area contributed by atoms with Crippen LogP contribution in [0.1, 0.15) is 31.9 Å². The Morgan fingerprint density at radius 1 is 1.03 bits per heavy atom. The van der Waals surface area contributed by atoms with Gasteiger partial charge >= 0.3 is 6.09 Å². The average molecular weight is 460 g/mol. The summed E-state index contributed by atoms with van der Waals surface area (Å²) < 4.78 is 5.66. The number of benzene rings is 2. The lowest BCUT2D eigenvalue weighted by molar-refractivity contribution is 0.00243. The third-order valence-electron chi connectivity index (χ3n) is 5.94. The van der Waals surface area contributed by atoms with Crippen molar-refractivity contribution in [2.24, 2.45) is 0 Å². The van der Waals surface area contributed by atoms with E-state index in [1.807, 2.05) is 37.8 Å². The molecular formula is C27H33N5O2. The molecule has 34 heavy (non-hydrogen) atoms. The van der Waals surface area contributed by atoms with Gasteiger partial charge in [-0.15, -0.1) is 0 Å². The lowest BCUT2D eigenvalue weighted by atomic mass is 9.98. The summed E-state index contributed by atoms with van der Waals surface area (Å²) in [6.45, 7) is 8.50. The molecule has 0 aliphatic carbocycles. The fraction of sp³-hybridized carbons (Fsp3) is 0.370. The highest BCUT2D eigenvalue weighted by atomic mass is 16.6. The van der Waals surface area contributed by atoms with Gasteiger partial charge in [0.15, 0.2) is 0 Å². The number of aromatic nitrogens is 2. The van der Waals surface area contributed by atoms with Crippen LogP contribution in [0.2, 0.25) is 0 Å². The van der Waals surface area contributed by atoms with Crippen LogP contribution in [0, 0.1) is 0 Å². The van der Waals surface area contributed by atoms with Gasteiger partial charge in [-0.2, -0.15) is 0 Å². The maximum Gasteiger partial charge on any atom is 0.410 e. The molecule has 1 aliphatic heterocycles. The van der Waals surface area contributed by atoms with Crippen LogP contribution in [-0.4, -0.2) is 57.1 Å². The number of hydrogen-bond donors (Lipinski definition) is 1. The van der Waals surface area contributed by atoms with Crippen LogP contribution in [0.25, 0.3) is 11.1 Å². The van der Waals surface area contributed by atoms with Crippen molar-refractivity contribution in [1.82, 2.24) is 19.8 Å². The summed E-state index contributed by atoms with van der Waals surface area (Å²) in [4.78, 5) is 25.4. The molecule has 1 fully saturated rings. The number of rotatable bonds is 5. The molecule has 1 aromatic heterocycles. The second-order valence-electron chi connectivity index (χ2n) is 9.73. The molecule has 3 aromatic rings. The van der Waals surface area contributed by atoms with Crippen LogP contribution < -0.4 is 5.73 Å². The Morgan fingerprint density at radius 3 is 2.41 bits per heavy atom. The zero-order valence-corrected chi connectivity index (χ0v) is 20.1. The molecule has 178 valence electrons. The molecule has 4 rings (SSSR count). The van der Waals surface area contributed by atoms with Crippen molar-refractivity contribution in [1.29, 1.82) is 0 Å². The lowest BCUT2D eigenvalue weighted by Gasteiger charge is -2.42. The van der Waals surface area contributed by atoms with Gasteiger partial charge in [-0.1, -0.05) is 54.6 Å². The van der Waals surface area contributed by atoms with E-state index < -0.39 is 5.60 Å². The van der Waals surface area contributed by atoms with Gasteiger partial charge in [0.25, 0.3) is 0 Å². The van der Waals surface area contributed by atoms with Crippen molar-refractivity contribution >= 4 is 12.0 Å². The minimum atomic E-state index is -0.511. The van der Waals surface area contributed by atoms with Crippen LogP contribution in [0.4, 0.5) is 10.7 Å². The van der Waals surface area contributed by atoms with Gasteiger partial charge < -0.3 is 15.4 Å². The fourth-order valence-corrected chi connectivity index (χ4v) is 4.31. The number of nitrogens with two attached hydrogens (primary N) is 1. The molecule has 0 spiro atoms. The monoisotopic (exact) mass is 459 g/mol. The molecule has 7 nitrogen and oxygen atoms in total. The number of carbonyl (C=O) groups is 1. The Hall–Kier alpha value is -3.45. The first kappa shape index (κ1) is 23.7. The standard InChI is InChI=1S/C27H33N5O2/c1-27(2,3)34-26(33)32-14-13-31(23(19-32)15-20-9-5-4-6-10-20)18-21-11-7-8-12-24(21)22-16-29-25(28)30-17-22/h4-12,16-17,23H,13-15,18-19H2,1-3H3,(H2,28,29,30). The maximum absolute atomic E-state index is 12.8. The fourth-order valence-electron chi connectivity index (χ4n) is 4.31. The third kappa shape index (κ3) is 6.11. The van der Waals surface area contributed by atoms with E-state index in [0.29, 0.717) is 13.1 Å². The first-order valence-corrected chi connectivity index (χ1v) is 11.7. The van der Waals surface area contributed by atoms with Crippen LogP contribution in [0.3, 0.4) is 0 Å². The smallest absolute Gasteiger partial charge is 0.410 e. The van der Waals surface area contributed by atoms with E-state index in [-0.39, 0.29) is 18.1 Å². The molecule has 1 unspecified atom stereocenters. The van der Waals surface area contributed by atoms with E-state index >= 15 is 0 Å². The van der Waals surface area contributed by atoms with E-state index in [1.54, 1.807) is 12.4 Å². The van der Waals surface area contributed by atoms with Crippen molar-refractivity contribution < 1.29 is 9.53 Å². The van der Waals surface area contributed by atoms with E-state index in [9.17, 15) is 4.79 Å². The van der Waals surface area contributed by atoms with E-state index in [0.717, 1.165) is 30.6 Å². The number of nitrogen functional groups attached to an aromatic ring is 1. The third-order valence-corrected chi connectivity index (χ3v) is 5.94. The van der Waals surface area contributed by atoms with Crippen LogP contribution >= 0.6 is 0 Å². The van der Waals surface area contributed by atoms with Gasteiger partial charge in [-0.25, -0.2) is 14.8 Å². The number of anilines is 1. The van der Waals surface area contributed by atoms with Crippen molar-refractivity contribution in [2.45, 2.75) is 45.4 Å². The van der Waals surface area contributed by atoms with E-state index in [1.165, 1.54) is 11.1 Å². The molecule has 0 bridgehead atoms. The highest BCUT2D eigenvalue weighted by Gasteiger charge is 2.32. The van der Waals surface area contributed by atoms with Gasteiger partial charge in [0.1, 0.15) is 5.60 Å². The Balaban J connectivity index is 1.57. The number of ether oxygens (including phenoxy) is 1. The molecule has 1 atom stereocenters. The van der Waals surface area contributed by atoms with Gasteiger partial charge in [-0.3, -0.25) is 4.90 Å². The Bertz CT molecular complexity index is 1100. The molecular weight excluding hydrogens is 426 g/mol. The Kier molecular flexibility index (Phi) is 7.12. The molecule has 2 aromatic carbocycles. The number of nitrogens with zero attached hydrogens (tertiary/aromatic N) is 4. The second kappa shape index (κ2) is 10.2. The topological polar surface area (TPSA) is 84.6 Å². The molecule has 0 saturated carbocycles. The van der Waals surface area contributed by atoms with Gasteiger partial charge in [0.2, 0.25) is 5.95 Å². The molecule has 7 heteroatoms. The zero-order valence-electron chi connectivity index (χ0n) is 20.1. The summed E-state index contributed by atoms with van der Waals surface area (Å²) in [6.07, 6.45) is 4.14. The minimum Gasteiger partial charge on any atom is -0.444 e. The van der Waals surface area contributed by atoms with Gasteiger partial charge in [0, 0.05) is 50.2 Å². The van der Waals surface area contributed by atoms with Gasteiger partial charge in [0.05, 0.1) is 0 Å². The molecule has 1 saturated heterocycles. The first-order chi connectivity index (χ1) is 16.3. The molecule has 1 amide bonds. The highest BCUT2D eigenvalue weighted by molar-refractivity contribution is 5.68. The average Bonchev–Trinajstić information content (AvgIpc) is 2.81. The normalized spacial score (nSPS) is 16.9. The molecule has 2 N–H and O–H groups in total. The largest absolute Gasteiger partial charge is 0.444 e.